The van der Waals surface area contributed by atoms with Crippen molar-refractivity contribution in [2.75, 3.05) is 0 Å². The van der Waals surface area contributed by atoms with E-state index in [1.165, 1.54) is 19.3 Å². The van der Waals surface area contributed by atoms with Crippen molar-refractivity contribution in [1.29, 1.82) is 0 Å². The van der Waals surface area contributed by atoms with Gasteiger partial charge in [0.2, 0.25) is 0 Å². The van der Waals surface area contributed by atoms with Gasteiger partial charge >= 0.3 is 0 Å². The number of allylic oxidation sites excluding steroid dienone is 2. The normalized spacial score (nSPS) is 14.1. The SMILES string of the molecule is CC/C=C/C(Cl)CCCCC. The minimum absolute atomic E-state index is 0.265. The average Bonchev–Trinajstić information content (AvgIpc) is 2.01. The van der Waals surface area contributed by atoms with Crippen molar-refractivity contribution in [3.8, 4) is 0 Å². The molecule has 0 bridgehead atoms. The molecule has 0 radical (unpaired) electrons. The summed E-state index contributed by atoms with van der Waals surface area (Å²) in [4.78, 5) is 0. The van der Waals surface area contributed by atoms with Crippen LogP contribution < -0.4 is 0 Å². The van der Waals surface area contributed by atoms with E-state index in [1.54, 1.807) is 0 Å². The summed E-state index contributed by atoms with van der Waals surface area (Å²) in [6.07, 6.45) is 10.3. The molecule has 0 nitrogen and oxygen atoms in total. The van der Waals surface area contributed by atoms with Gasteiger partial charge in [-0.05, 0) is 12.8 Å². The number of hydrogen-bond acceptors (Lipinski definition) is 0. The number of unbranched alkanes of at least 4 members (excludes halogenated alkanes) is 2. The zero-order chi connectivity index (χ0) is 8.53. The molecule has 1 unspecified atom stereocenters. The summed E-state index contributed by atoms with van der Waals surface area (Å²) in [5.41, 5.74) is 0. The highest BCUT2D eigenvalue weighted by atomic mass is 35.5. The monoisotopic (exact) mass is 174 g/mol. The molecule has 0 aromatic heterocycles. The third-order valence-corrected chi connectivity index (χ3v) is 2.03. The Labute approximate surface area is 75.6 Å². The number of halogens is 1. The third-order valence-electron chi connectivity index (χ3n) is 1.66. The van der Waals surface area contributed by atoms with E-state index in [0.717, 1.165) is 12.8 Å². The van der Waals surface area contributed by atoms with E-state index in [0.29, 0.717) is 0 Å². The van der Waals surface area contributed by atoms with Gasteiger partial charge in [-0.15, -0.1) is 11.6 Å². The zero-order valence-corrected chi connectivity index (χ0v) is 8.40. The summed E-state index contributed by atoms with van der Waals surface area (Å²) in [5.74, 6) is 0. The predicted molar refractivity (Wildman–Crippen MR) is 53.2 cm³/mol. The van der Waals surface area contributed by atoms with E-state index < -0.39 is 0 Å². The topological polar surface area (TPSA) is 0 Å². The molecule has 0 heterocycles. The van der Waals surface area contributed by atoms with E-state index in [4.69, 9.17) is 11.6 Å². The summed E-state index contributed by atoms with van der Waals surface area (Å²) in [7, 11) is 0. The van der Waals surface area contributed by atoms with Gasteiger partial charge in [0.1, 0.15) is 0 Å². The zero-order valence-electron chi connectivity index (χ0n) is 7.65. The Bertz CT molecular complexity index is 97.0. The van der Waals surface area contributed by atoms with Gasteiger partial charge < -0.3 is 0 Å². The van der Waals surface area contributed by atoms with Crippen molar-refractivity contribution in [1.82, 2.24) is 0 Å². The Hall–Kier alpha value is 0.0300. The van der Waals surface area contributed by atoms with Crippen LogP contribution in [0.2, 0.25) is 0 Å². The molecule has 0 aliphatic carbocycles. The largest absolute Gasteiger partial charge is 0.118 e. The molecular formula is C10H19Cl. The number of alkyl halides is 1. The van der Waals surface area contributed by atoms with Gasteiger partial charge in [-0.1, -0.05) is 45.3 Å². The van der Waals surface area contributed by atoms with Crippen molar-refractivity contribution in [3.63, 3.8) is 0 Å². The summed E-state index contributed by atoms with van der Waals surface area (Å²) in [5, 5.41) is 0.265. The van der Waals surface area contributed by atoms with Crippen LogP contribution in [-0.4, -0.2) is 5.38 Å². The molecule has 0 saturated carbocycles. The lowest BCUT2D eigenvalue weighted by Gasteiger charge is -2.01. The van der Waals surface area contributed by atoms with Crippen LogP contribution >= 0.6 is 11.6 Å². The highest BCUT2D eigenvalue weighted by Gasteiger charge is 1.96. The lowest BCUT2D eigenvalue weighted by Crippen LogP contribution is -1.92. The second-order valence-corrected chi connectivity index (χ2v) is 3.41. The molecule has 0 aromatic rings. The first-order chi connectivity index (χ1) is 5.31. The van der Waals surface area contributed by atoms with Crippen LogP contribution in [0.3, 0.4) is 0 Å². The van der Waals surface area contributed by atoms with Crippen molar-refractivity contribution < 1.29 is 0 Å². The lowest BCUT2D eigenvalue weighted by atomic mass is 10.1. The highest BCUT2D eigenvalue weighted by molar-refractivity contribution is 6.21. The molecule has 0 aromatic carbocycles. The van der Waals surface area contributed by atoms with Gasteiger partial charge in [0, 0.05) is 0 Å². The van der Waals surface area contributed by atoms with E-state index in [1.807, 2.05) is 0 Å². The highest BCUT2D eigenvalue weighted by Crippen LogP contribution is 2.10. The van der Waals surface area contributed by atoms with Gasteiger partial charge in [0.25, 0.3) is 0 Å². The average molecular weight is 175 g/mol. The fourth-order valence-corrected chi connectivity index (χ4v) is 1.23. The predicted octanol–water partition coefficient (Wildman–Crippen LogP) is 4.14. The molecule has 66 valence electrons. The Morgan fingerprint density at radius 3 is 2.55 bits per heavy atom. The van der Waals surface area contributed by atoms with Crippen LogP contribution in [-0.2, 0) is 0 Å². The molecule has 11 heavy (non-hydrogen) atoms. The Morgan fingerprint density at radius 1 is 1.27 bits per heavy atom. The molecule has 0 rings (SSSR count). The number of rotatable bonds is 6. The first-order valence-corrected chi connectivity index (χ1v) is 5.05. The fourth-order valence-electron chi connectivity index (χ4n) is 0.969. The molecule has 0 N–H and O–H groups in total. The summed E-state index contributed by atoms with van der Waals surface area (Å²) in [6, 6.07) is 0. The second kappa shape index (κ2) is 8.13. The Morgan fingerprint density at radius 2 is 2.00 bits per heavy atom. The Kier molecular flexibility index (Phi) is 8.15. The van der Waals surface area contributed by atoms with Gasteiger partial charge in [0.05, 0.1) is 5.38 Å². The lowest BCUT2D eigenvalue weighted by molar-refractivity contribution is 0.677. The third kappa shape index (κ3) is 7.93. The number of hydrogen-bond donors (Lipinski definition) is 0. The standard InChI is InChI=1S/C10H19Cl/c1-3-5-7-9-10(11)8-6-4-2/h6,8,10H,3-5,7,9H2,1-2H3/b8-6+. The molecule has 0 fully saturated rings. The maximum absolute atomic E-state index is 6.01. The van der Waals surface area contributed by atoms with Gasteiger partial charge in [-0.2, -0.15) is 0 Å². The van der Waals surface area contributed by atoms with Gasteiger partial charge in [0.15, 0.2) is 0 Å². The summed E-state index contributed by atoms with van der Waals surface area (Å²) >= 11 is 6.01. The van der Waals surface area contributed by atoms with E-state index in [9.17, 15) is 0 Å². The van der Waals surface area contributed by atoms with Gasteiger partial charge in [-0.25, -0.2) is 0 Å². The van der Waals surface area contributed by atoms with Crippen molar-refractivity contribution >= 4 is 11.6 Å². The quantitative estimate of drug-likeness (QED) is 0.323. The minimum atomic E-state index is 0.265. The van der Waals surface area contributed by atoms with Crippen molar-refractivity contribution in [2.24, 2.45) is 0 Å². The maximum Gasteiger partial charge on any atom is 0.0516 e. The first kappa shape index (κ1) is 11.0. The van der Waals surface area contributed by atoms with Crippen LogP contribution in [0.5, 0.6) is 0 Å². The van der Waals surface area contributed by atoms with E-state index in [2.05, 4.69) is 26.0 Å². The van der Waals surface area contributed by atoms with Crippen molar-refractivity contribution in [3.05, 3.63) is 12.2 Å². The molecular weight excluding hydrogens is 156 g/mol. The first-order valence-electron chi connectivity index (χ1n) is 4.62. The second-order valence-electron chi connectivity index (χ2n) is 2.85. The molecule has 0 spiro atoms. The minimum Gasteiger partial charge on any atom is -0.118 e. The van der Waals surface area contributed by atoms with Crippen LogP contribution in [0.15, 0.2) is 12.2 Å². The Balaban J connectivity index is 3.21. The summed E-state index contributed by atoms with van der Waals surface area (Å²) in [6.45, 7) is 4.34. The van der Waals surface area contributed by atoms with E-state index in [-0.39, 0.29) is 5.38 Å². The molecule has 0 aliphatic rings. The van der Waals surface area contributed by atoms with Gasteiger partial charge in [-0.3, -0.25) is 0 Å². The molecule has 0 saturated heterocycles. The fraction of sp³-hybridized carbons (Fsp3) is 0.800. The smallest absolute Gasteiger partial charge is 0.0516 e. The van der Waals surface area contributed by atoms with E-state index >= 15 is 0 Å². The molecule has 1 atom stereocenters. The summed E-state index contributed by atoms with van der Waals surface area (Å²) < 4.78 is 0. The van der Waals surface area contributed by atoms with Crippen LogP contribution in [0.25, 0.3) is 0 Å². The van der Waals surface area contributed by atoms with Crippen LogP contribution in [0.1, 0.15) is 46.0 Å². The maximum atomic E-state index is 6.01. The van der Waals surface area contributed by atoms with Crippen LogP contribution in [0, 0.1) is 0 Å². The molecule has 1 heteroatoms. The molecule has 0 aliphatic heterocycles. The van der Waals surface area contributed by atoms with Crippen LogP contribution in [0.4, 0.5) is 0 Å². The molecule has 0 amide bonds. The van der Waals surface area contributed by atoms with Crippen molar-refractivity contribution in [2.45, 2.75) is 51.3 Å².